The van der Waals surface area contributed by atoms with Crippen molar-refractivity contribution in [3.63, 3.8) is 0 Å². The van der Waals surface area contributed by atoms with Gasteiger partial charge in [0.05, 0.1) is 0 Å². The molecule has 0 rings (SSSR count). The smallest absolute Gasteiger partial charge is 0.382 e. The summed E-state index contributed by atoms with van der Waals surface area (Å²) in [5.74, 6) is 0. The number of aliphatic hydroxyl groups excluding tert-OH is 1. The van der Waals surface area contributed by atoms with Crippen LogP contribution < -0.4 is 0 Å². The summed E-state index contributed by atoms with van der Waals surface area (Å²) in [4.78, 5) is 1.40. The average molecular weight is 230 g/mol. The number of halogens is 3. The molecule has 78 valence electrons. The number of hydrogen-bond acceptors (Lipinski definition) is 2. The van der Waals surface area contributed by atoms with Gasteiger partial charge in [0.2, 0.25) is 0 Å². The molecule has 1 unspecified atom stereocenters. The Balaban J connectivity index is 0. The van der Waals surface area contributed by atoms with E-state index in [0.29, 0.717) is 6.54 Å². The van der Waals surface area contributed by atoms with E-state index in [9.17, 15) is 13.2 Å². The van der Waals surface area contributed by atoms with E-state index in [0.717, 1.165) is 0 Å². The van der Waals surface area contributed by atoms with Crippen LogP contribution >= 0.6 is 0 Å². The van der Waals surface area contributed by atoms with Crippen molar-refractivity contribution in [3.05, 3.63) is 0 Å². The molecular weight excluding hydrogens is 218 g/mol. The van der Waals surface area contributed by atoms with E-state index in [4.69, 9.17) is 5.11 Å². The van der Waals surface area contributed by atoms with Crippen LogP contribution in [0.3, 0.4) is 0 Å². The molecule has 0 spiro atoms. The van der Waals surface area contributed by atoms with E-state index in [2.05, 4.69) is 0 Å². The molecule has 1 N–H and O–H groups in total. The molecule has 0 amide bonds. The van der Waals surface area contributed by atoms with Gasteiger partial charge in [-0.2, -0.15) is 13.2 Å². The minimum Gasteiger partial charge on any atom is -0.382 e. The molecule has 0 aromatic heterocycles. The van der Waals surface area contributed by atoms with Crippen molar-refractivity contribution in [2.24, 2.45) is 0 Å². The SMILES string of the molecule is CCN(C)CC(O)C(F)(F)F.[Ni]. The van der Waals surface area contributed by atoms with Crippen LogP contribution in [-0.2, 0) is 16.5 Å². The molecule has 0 heterocycles. The van der Waals surface area contributed by atoms with Crippen LogP contribution in [0.1, 0.15) is 6.92 Å². The topological polar surface area (TPSA) is 23.5 Å². The summed E-state index contributed by atoms with van der Waals surface area (Å²) in [6.45, 7) is 1.86. The predicted molar refractivity (Wildman–Crippen MR) is 35.2 cm³/mol. The fourth-order valence-electron chi connectivity index (χ4n) is 0.528. The summed E-state index contributed by atoms with van der Waals surface area (Å²) in [5, 5.41) is 8.52. The number of likely N-dealkylation sites (N-methyl/N-ethyl adjacent to an activating group) is 1. The van der Waals surface area contributed by atoms with E-state index < -0.39 is 12.3 Å². The summed E-state index contributed by atoms with van der Waals surface area (Å²) in [5.41, 5.74) is 0. The standard InChI is InChI=1S/C6H12F3NO.Ni/c1-3-10(2)4-5(11)6(7,8)9;/h5,11H,3-4H2,1-2H3;. The number of hydrogen-bond donors (Lipinski definition) is 1. The van der Waals surface area contributed by atoms with Gasteiger partial charge in [0.15, 0.2) is 6.10 Å². The first-order valence-electron chi connectivity index (χ1n) is 3.31. The summed E-state index contributed by atoms with van der Waals surface area (Å²) in [6.07, 6.45) is -6.73. The van der Waals surface area contributed by atoms with Crippen molar-refractivity contribution in [1.82, 2.24) is 4.90 Å². The van der Waals surface area contributed by atoms with Crippen molar-refractivity contribution in [3.8, 4) is 0 Å². The van der Waals surface area contributed by atoms with Crippen molar-refractivity contribution in [2.75, 3.05) is 20.1 Å². The van der Waals surface area contributed by atoms with Gasteiger partial charge in [0.25, 0.3) is 0 Å². The van der Waals surface area contributed by atoms with Crippen LogP contribution in [0.25, 0.3) is 0 Å². The second-order valence-electron chi connectivity index (χ2n) is 2.41. The number of aliphatic hydroxyl groups is 1. The van der Waals surface area contributed by atoms with Gasteiger partial charge in [-0.25, -0.2) is 0 Å². The second-order valence-corrected chi connectivity index (χ2v) is 2.41. The number of alkyl halides is 3. The molecule has 1 atom stereocenters. The van der Waals surface area contributed by atoms with E-state index in [-0.39, 0.29) is 23.0 Å². The van der Waals surface area contributed by atoms with Gasteiger partial charge in [-0.1, -0.05) is 6.92 Å². The molecule has 0 aromatic rings. The van der Waals surface area contributed by atoms with Gasteiger partial charge in [-0.05, 0) is 13.6 Å². The van der Waals surface area contributed by atoms with Gasteiger partial charge in [0.1, 0.15) is 0 Å². The molecule has 6 heteroatoms. The Bertz CT molecular complexity index is 120. The van der Waals surface area contributed by atoms with E-state index >= 15 is 0 Å². The molecule has 0 radical (unpaired) electrons. The van der Waals surface area contributed by atoms with E-state index in [1.165, 1.54) is 11.9 Å². The summed E-state index contributed by atoms with van der Waals surface area (Å²) in [7, 11) is 1.52. The van der Waals surface area contributed by atoms with Crippen LogP contribution in [0, 0.1) is 0 Å². The summed E-state index contributed by atoms with van der Waals surface area (Å²) < 4.78 is 35.0. The molecule has 0 bridgehead atoms. The maximum Gasteiger partial charge on any atom is 0.415 e. The van der Waals surface area contributed by atoms with Gasteiger partial charge < -0.3 is 10.0 Å². The predicted octanol–water partition coefficient (Wildman–Crippen LogP) is 0.859. The fourth-order valence-corrected chi connectivity index (χ4v) is 0.528. The van der Waals surface area contributed by atoms with Crippen LogP contribution in [0.15, 0.2) is 0 Å². The van der Waals surface area contributed by atoms with Crippen LogP contribution in [-0.4, -0.2) is 42.4 Å². The Morgan fingerprint density at radius 1 is 1.42 bits per heavy atom. The Labute approximate surface area is 79.7 Å². The maximum atomic E-state index is 11.7. The Kier molecular flexibility index (Phi) is 7.09. The third-order valence-corrected chi connectivity index (χ3v) is 1.40. The normalized spacial score (nSPS) is 14.2. The largest absolute Gasteiger partial charge is 0.415 e. The summed E-state index contributed by atoms with van der Waals surface area (Å²) in [6, 6.07) is 0. The fraction of sp³-hybridized carbons (Fsp3) is 1.00. The molecule has 0 fully saturated rings. The minimum absolute atomic E-state index is 0. The molecule has 12 heavy (non-hydrogen) atoms. The Morgan fingerprint density at radius 2 is 1.83 bits per heavy atom. The molecule has 0 aromatic carbocycles. The van der Waals surface area contributed by atoms with Gasteiger partial charge >= 0.3 is 6.18 Å². The third-order valence-electron chi connectivity index (χ3n) is 1.40. The zero-order chi connectivity index (χ0) is 9.07. The molecular formula is C6H12F3NNiO. The molecule has 0 saturated carbocycles. The van der Waals surface area contributed by atoms with Crippen LogP contribution in [0.5, 0.6) is 0 Å². The zero-order valence-corrected chi connectivity index (χ0v) is 7.82. The van der Waals surface area contributed by atoms with Crippen molar-refractivity contribution >= 4 is 0 Å². The van der Waals surface area contributed by atoms with Crippen LogP contribution in [0.4, 0.5) is 13.2 Å². The van der Waals surface area contributed by atoms with E-state index in [1.807, 2.05) is 0 Å². The summed E-state index contributed by atoms with van der Waals surface area (Å²) >= 11 is 0. The quantitative estimate of drug-likeness (QED) is 0.726. The number of rotatable bonds is 3. The zero-order valence-electron chi connectivity index (χ0n) is 6.84. The molecule has 0 aliphatic rings. The average Bonchev–Trinajstić information content (AvgIpc) is 1.85. The maximum absolute atomic E-state index is 11.7. The first-order chi connectivity index (χ1) is 4.88. The molecule has 2 nitrogen and oxygen atoms in total. The molecule has 0 aliphatic carbocycles. The van der Waals surface area contributed by atoms with Crippen molar-refractivity contribution < 1.29 is 34.8 Å². The van der Waals surface area contributed by atoms with E-state index in [1.54, 1.807) is 6.92 Å². The molecule has 0 aliphatic heterocycles. The Morgan fingerprint density at radius 3 is 2.08 bits per heavy atom. The third kappa shape index (κ3) is 5.80. The molecule has 0 saturated heterocycles. The van der Waals surface area contributed by atoms with Gasteiger partial charge in [-0.3, -0.25) is 0 Å². The second kappa shape index (κ2) is 5.78. The van der Waals surface area contributed by atoms with Crippen molar-refractivity contribution in [2.45, 2.75) is 19.2 Å². The number of nitrogens with zero attached hydrogens (tertiary/aromatic N) is 1. The van der Waals surface area contributed by atoms with Crippen molar-refractivity contribution in [1.29, 1.82) is 0 Å². The first kappa shape index (κ1) is 14.7. The van der Waals surface area contributed by atoms with Gasteiger partial charge in [-0.15, -0.1) is 0 Å². The van der Waals surface area contributed by atoms with Crippen LogP contribution in [0.2, 0.25) is 0 Å². The monoisotopic (exact) mass is 229 g/mol. The van der Waals surface area contributed by atoms with Gasteiger partial charge in [0, 0.05) is 23.0 Å². The Hall–Kier alpha value is 0.204. The minimum atomic E-state index is -4.50. The first-order valence-corrected chi connectivity index (χ1v) is 3.31.